The summed E-state index contributed by atoms with van der Waals surface area (Å²) >= 11 is 5.39. The molecule has 18 heavy (non-hydrogen) atoms. The van der Waals surface area contributed by atoms with Gasteiger partial charge in [0.25, 0.3) is 0 Å². The van der Waals surface area contributed by atoms with Gasteiger partial charge in [0.2, 0.25) is 0 Å². The first kappa shape index (κ1) is 14.4. The first-order valence-corrected chi connectivity index (χ1v) is 8.25. The van der Waals surface area contributed by atoms with Crippen molar-refractivity contribution in [2.45, 2.75) is 37.2 Å². The molecule has 1 fully saturated rings. The molecule has 2 rings (SSSR count). The third kappa shape index (κ3) is 3.98. The highest BCUT2D eigenvalue weighted by Crippen LogP contribution is 2.34. The molecule has 0 aliphatic carbocycles. The smallest absolute Gasteiger partial charge is 0.0666 e. The molecule has 0 spiro atoms. The van der Waals surface area contributed by atoms with Crippen LogP contribution in [0.2, 0.25) is 0 Å². The normalized spacial score (nSPS) is 22.9. The Balaban J connectivity index is 1.96. The van der Waals surface area contributed by atoms with Crippen molar-refractivity contribution in [1.82, 2.24) is 0 Å². The number of halogens is 1. The van der Waals surface area contributed by atoms with E-state index in [1.165, 1.54) is 18.4 Å². The van der Waals surface area contributed by atoms with Gasteiger partial charge in [0.15, 0.2) is 0 Å². The first-order valence-electron chi connectivity index (χ1n) is 6.41. The largest absolute Gasteiger partial charge is 0.377 e. The third-order valence-electron chi connectivity index (χ3n) is 3.16. The zero-order chi connectivity index (χ0) is 13.0. The molecule has 2 nitrogen and oxygen atoms in total. The Morgan fingerprint density at radius 3 is 2.72 bits per heavy atom. The van der Waals surface area contributed by atoms with Crippen LogP contribution in [0.25, 0.3) is 0 Å². The van der Waals surface area contributed by atoms with Crippen molar-refractivity contribution in [2.75, 3.05) is 12.4 Å². The first-order chi connectivity index (χ1) is 8.66. The van der Waals surface area contributed by atoms with E-state index in [0.29, 0.717) is 11.4 Å². The van der Waals surface area contributed by atoms with Gasteiger partial charge in [-0.15, -0.1) is 11.8 Å². The monoisotopic (exact) mass is 329 g/mol. The van der Waals surface area contributed by atoms with Gasteiger partial charge in [0, 0.05) is 28.1 Å². The average Bonchev–Trinajstić information content (AvgIpc) is 2.84. The fraction of sp³-hybridized carbons (Fsp3) is 0.571. The summed E-state index contributed by atoms with van der Waals surface area (Å²) in [6.07, 6.45) is 2.82. The molecule has 1 saturated heterocycles. The highest BCUT2D eigenvalue weighted by atomic mass is 79.9. The summed E-state index contributed by atoms with van der Waals surface area (Å²) in [4.78, 5) is 0. The summed E-state index contributed by atoms with van der Waals surface area (Å²) in [5.74, 6) is 1.04. The lowest BCUT2D eigenvalue weighted by atomic mass is 10.1. The number of ether oxygens (including phenoxy) is 1. The highest BCUT2D eigenvalue weighted by molar-refractivity contribution is 9.10. The molecule has 1 aromatic carbocycles. The van der Waals surface area contributed by atoms with Gasteiger partial charge in [0.1, 0.15) is 0 Å². The van der Waals surface area contributed by atoms with E-state index < -0.39 is 0 Å². The van der Waals surface area contributed by atoms with Crippen molar-refractivity contribution in [3.8, 4) is 0 Å². The minimum Gasteiger partial charge on any atom is -0.377 e. The second-order valence-corrected chi connectivity index (χ2v) is 6.89. The molecule has 1 aliphatic rings. The molecule has 0 radical (unpaired) electrons. The maximum absolute atomic E-state index is 6.12. The molecule has 0 saturated carbocycles. The fourth-order valence-electron chi connectivity index (χ4n) is 2.19. The summed E-state index contributed by atoms with van der Waals surface area (Å²) in [5.41, 5.74) is 7.42. The van der Waals surface area contributed by atoms with E-state index in [1.54, 1.807) is 0 Å². The average molecular weight is 330 g/mol. The Morgan fingerprint density at radius 2 is 2.17 bits per heavy atom. The van der Waals surface area contributed by atoms with Crippen LogP contribution < -0.4 is 5.73 Å². The molecule has 2 N–H and O–H groups in total. The fourth-order valence-corrected chi connectivity index (χ4v) is 3.79. The van der Waals surface area contributed by atoms with Crippen molar-refractivity contribution in [3.05, 3.63) is 34.3 Å². The van der Waals surface area contributed by atoms with Gasteiger partial charge in [-0.2, -0.15) is 0 Å². The van der Waals surface area contributed by atoms with E-state index in [9.17, 15) is 0 Å². The van der Waals surface area contributed by atoms with Crippen molar-refractivity contribution >= 4 is 27.7 Å². The predicted octanol–water partition coefficient (Wildman–Crippen LogP) is 3.75. The van der Waals surface area contributed by atoms with Crippen LogP contribution in [0.15, 0.2) is 28.7 Å². The molecule has 3 atom stereocenters. The van der Waals surface area contributed by atoms with Crippen molar-refractivity contribution in [3.63, 3.8) is 0 Å². The second kappa shape index (κ2) is 6.94. The van der Waals surface area contributed by atoms with Crippen LogP contribution in [0.1, 0.15) is 30.6 Å². The molecule has 0 aromatic heterocycles. The van der Waals surface area contributed by atoms with Gasteiger partial charge < -0.3 is 10.5 Å². The van der Waals surface area contributed by atoms with Gasteiger partial charge >= 0.3 is 0 Å². The number of hydrogen-bond acceptors (Lipinski definition) is 3. The highest BCUT2D eigenvalue weighted by Gasteiger charge is 2.21. The Hall–Kier alpha value is -0.0300. The third-order valence-corrected chi connectivity index (χ3v) is 5.32. The van der Waals surface area contributed by atoms with Crippen LogP contribution in [0.4, 0.5) is 0 Å². The quantitative estimate of drug-likeness (QED) is 0.893. The topological polar surface area (TPSA) is 35.2 Å². The maximum Gasteiger partial charge on any atom is 0.0666 e. The number of hydrogen-bond donors (Lipinski definition) is 1. The Labute approximate surface area is 122 Å². The summed E-state index contributed by atoms with van der Waals surface area (Å²) in [7, 11) is 0. The lowest BCUT2D eigenvalue weighted by Crippen LogP contribution is -2.24. The number of nitrogens with two attached hydrogens (primary N) is 1. The van der Waals surface area contributed by atoms with E-state index >= 15 is 0 Å². The molecule has 0 bridgehead atoms. The van der Waals surface area contributed by atoms with Crippen molar-refractivity contribution in [1.29, 1.82) is 0 Å². The van der Waals surface area contributed by atoms with Gasteiger partial charge in [-0.1, -0.05) is 28.1 Å². The Morgan fingerprint density at radius 1 is 1.44 bits per heavy atom. The van der Waals surface area contributed by atoms with E-state index in [0.717, 1.165) is 16.8 Å². The van der Waals surface area contributed by atoms with Crippen LogP contribution >= 0.6 is 27.7 Å². The van der Waals surface area contributed by atoms with E-state index in [4.69, 9.17) is 10.5 Å². The summed E-state index contributed by atoms with van der Waals surface area (Å²) in [5, 5.41) is 0.349. The number of thioether (sulfide) groups is 1. The lowest BCUT2D eigenvalue weighted by Gasteiger charge is -2.22. The molecular weight excluding hydrogens is 310 g/mol. The van der Waals surface area contributed by atoms with Crippen LogP contribution in [0.3, 0.4) is 0 Å². The lowest BCUT2D eigenvalue weighted by molar-refractivity contribution is 0.128. The Bertz CT molecular complexity index is 363. The Kier molecular flexibility index (Phi) is 5.55. The second-order valence-electron chi connectivity index (χ2n) is 4.80. The van der Waals surface area contributed by atoms with Crippen LogP contribution in [0.5, 0.6) is 0 Å². The predicted molar refractivity (Wildman–Crippen MR) is 82.0 cm³/mol. The molecule has 1 heterocycles. The number of rotatable bonds is 5. The van der Waals surface area contributed by atoms with Crippen molar-refractivity contribution in [2.24, 2.45) is 5.73 Å². The minimum absolute atomic E-state index is 0.151. The zero-order valence-electron chi connectivity index (χ0n) is 10.6. The summed E-state index contributed by atoms with van der Waals surface area (Å²) in [6, 6.07) is 8.62. The standard InChI is InChI=1S/C14H20BrNOS/c1-10(16)14(11-4-6-12(15)7-5-11)18-9-13-3-2-8-17-13/h4-7,10,13-14H,2-3,8-9,16H2,1H3. The van der Waals surface area contributed by atoms with Gasteiger partial charge in [-0.25, -0.2) is 0 Å². The van der Waals surface area contributed by atoms with Gasteiger partial charge in [0.05, 0.1) is 6.10 Å². The summed E-state index contributed by atoms with van der Waals surface area (Å²) in [6.45, 7) is 3.00. The SMILES string of the molecule is CC(N)C(SCC1CCCO1)c1ccc(Br)cc1. The molecule has 3 unspecified atom stereocenters. The minimum atomic E-state index is 0.151. The van der Waals surface area contributed by atoms with E-state index in [-0.39, 0.29) is 6.04 Å². The summed E-state index contributed by atoms with van der Waals surface area (Å²) < 4.78 is 6.78. The van der Waals surface area contributed by atoms with Crippen molar-refractivity contribution < 1.29 is 4.74 Å². The zero-order valence-corrected chi connectivity index (χ0v) is 13.0. The molecule has 1 aliphatic heterocycles. The molecule has 4 heteroatoms. The van der Waals surface area contributed by atoms with Crippen LogP contribution in [-0.2, 0) is 4.74 Å². The van der Waals surface area contributed by atoms with Gasteiger partial charge in [-0.3, -0.25) is 0 Å². The molecular formula is C14H20BrNOS. The van der Waals surface area contributed by atoms with E-state index in [1.807, 2.05) is 11.8 Å². The van der Waals surface area contributed by atoms with Crippen LogP contribution in [0, 0.1) is 0 Å². The molecule has 100 valence electrons. The van der Waals surface area contributed by atoms with Gasteiger partial charge in [-0.05, 0) is 37.5 Å². The van der Waals surface area contributed by atoms with E-state index in [2.05, 4.69) is 47.1 Å². The molecule has 0 amide bonds. The molecule has 1 aromatic rings. The maximum atomic E-state index is 6.12. The van der Waals surface area contributed by atoms with Crippen LogP contribution in [-0.4, -0.2) is 24.5 Å². The number of benzene rings is 1.